The molecule has 33 heavy (non-hydrogen) atoms. The lowest BCUT2D eigenvalue weighted by molar-refractivity contribution is -0.135. The van der Waals surface area contributed by atoms with Crippen molar-refractivity contribution in [3.63, 3.8) is 0 Å². The van der Waals surface area contributed by atoms with Crippen molar-refractivity contribution in [1.82, 2.24) is 19.8 Å². The van der Waals surface area contributed by atoms with E-state index in [-0.39, 0.29) is 18.0 Å². The highest BCUT2D eigenvalue weighted by molar-refractivity contribution is 5.76. The highest BCUT2D eigenvalue weighted by Crippen LogP contribution is 2.24. The summed E-state index contributed by atoms with van der Waals surface area (Å²) in [5, 5.41) is 17.5. The average Bonchev–Trinajstić information content (AvgIpc) is 2.77. The molecule has 8 heteroatoms. The Hall–Kier alpha value is -2.45. The van der Waals surface area contributed by atoms with E-state index in [2.05, 4.69) is 48.5 Å². The minimum atomic E-state index is -1.02. The zero-order valence-corrected chi connectivity index (χ0v) is 20.6. The number of rotatable bonds is 12. The van der Waals surface area contributed by atoms with Crippen LogP contribution in [0.5, 0.6) is 0 Å². The van der Waals surface area contributed by atoms with Crippen LogP contribution in [0.3, 0.4) is 0 Å². The van der Waals surface area contributed by atoms with Crippen molar-refractivity contribution in [2.45, 2.75) is 78.0 Å². The van der Waals surface area contributed by atoms with Crippen LogP contribution < -0.4 is 16.2 Å². The van der Waals surface area contributed by atoms with Gasteiger partial charge in [-0.2, -0.15) is 0 Å². The van der Waals surface area contributed by atoms with Crippen LogP contribution in [0.1, 0.15) is 59.8 Å². The molecule has 2 rings (SSSR count). The molecular formula is C25H41N5O3. The van der Waals surface area contributed by atoms with Gasteiger partial charge in [-0.15, -0.1) is 0 Å². The Kier molecular flexibility index (Phi) is 10.8. The molecule has 1 aromatic rings. The number of piperidine rings is 1. The Morgan fingerprint density at radius 2 is 2.00 bits per heavy atom. The minimum absolute atomic E-state index is 0.116. The van der Waals surface area contributed by atoms with E-state index in [1.165, 1.54) is 22.5 Å². The average molecular weight is 460 g/mol. The second-order valence-corrected chi connectivity index (χ2v) is 9.07. The van der Waals surface area contributed by atoms with Gasteiger partial charge >= 0.3 is 0 Å². The number of anilines is 1. The minimum Gasteiger partial charge on any atom is -0.388 e. The number of carbonyl (C=O) groups is 1. The summed E-state index contributed by atoms with van der Waals surface area (Å²) < 4.78 is 1.45. The van der Waals surface area contributed by atoms with Crippen LogP contribution in [0.15, 0.2) is 41.0 Å². The molecule has 1 aromatic heterocycles. The molecule has 1 amide bonds. The molecule has 0 radical (unpaired) electrons. The first kappa shape index (κ1) is 26.8. The summed E-state index contributed by atoms with van der Waals surface area (Å²) >= 11 is 0. The molecule has 0 spiro atoms. The maximum atomic E-state index is 12.6. The Morgan fingerprint density at radius 3 is 2.61 bits per heavy atom. The largest absolute Gasteiger partial charge is 0.388 e. The predicted molar refractivity (Wildman–Crippen MR) is 133 cm³/mol. The van der Waals surface area contributed by atoms with Gasteiger partial charge in [-0.05, 0) is 32.6 Å². The van der Waals surface area contributed by atoms with Crippen LogP contribution in [0, 0.1) is 0 Å². The Bertz CT molecular complexity index is 867. The van der Waals surface area contributed by atoms with E-state index in [0.717, 1.165) is 19.4 Å². The molecule has 0 bridgehead atoms. The molecule has 0 aromatic carbocycles. The fraction of sp³-hybridized carbons (Fsp3) is 0.640. The number of allylic oxidation sites excluding steroid dienone is 4. The summed E-state index contributed by atoms with van der Waals surface area (Å²) in [7, 11) is 0. The lowest BCUT2D eigenvalue weighted by atomic mass is 9.91. The van der Waals surface area contributed by atoms with Gasteiger partial charge in [-0.3, -0.25) is 14.2 Å². The zero-order chi connectivity index (χ0) is 24.3. The van der Waals surface area contributed by atoms with E-state index in [0.29, 0.717) is 50.8 Å². The fourth-order valence-corrected chi connectivity index (χ4v) is 3.98. The van der Waals surface area contributed by atoms with Crippen molar-refractivity contribution in [2.24, 2.45) is 0 Å². The number of aromatic nitrogens is 2. The standard InChI is InChI=1S/C25H41N5O3/c1-5-7-21(8-6-2)9-10-23(31)29-15-11-25(33,12-16-29)18-30-19-28-22(17-24(30)32)27-14-13-26-20(3)4/h5,7-8,17,19-20,26-27,33H,6,9-16,18H2,1-4H3/b7-5-,21-8+. The summed E-state index contributed by atoms with van der Waals surface area (Å²) in [6, 6.07) is 1.87. The Balaban J connectivity index is 1.84. The zero-order valence-electron chi connectivity index (χ0n) is 20.6. The molecule has 0 unspecified atom stereocenters. The summed E-state index contributed by atoms with van der Waals surface area (Å²) in [5.74, 6) is 0.647. The van der Waals surface area contributed by atoms with E-state index < -0.39 is 5.60 Å². The molecule has 3 N–H and O–H groups in total. The van der Waals surface area contributed by atoms with Crippen LogP contribution in [0.25, 0.3) is 0 Å². The molecule has 2 heterocycles. The fourth-order valence-electron chi connectivity index (χ4n) is 3.98. The van der Waals surface area contributed by atoms with Crippen LogP contribution in [0.4, 0.5) is 5.82 Å². The predicted octanol–water partition coefficient (Wildman–Crippen LogP) is 2.70. The van der Waals surface area contributed by atoms with Gasteiger partial charge in [0.05, 0.1) is 18.5 Å². The molecule has 184 valence electrons. The molecule has 0 saturated carbocycles. The number of likely N-dealkylation sites (tertiary alicyclic amines) is 1. The lowest BCUT2D eigenvalue weighted by Crippen LogP contribution is -2.49. The normalized spacial score (nSPS) is 16.5. The number of amides is 1. The van der Waals surface area contributed by atoms with Crippen LogP contribution in [-0.2, 0) is 11.3 Å². The van der Waals surface area contributed by atoms with Crippen molar-refractivity contribution in [3.8, 4) is 0 Å². The Labute approximate surface area is 197 Å². The molecule has 1 aliphatic rings. The number of nitrogens with one attached hydrogen (secondary N) is 2. The van der Waals surface area contributed by atoms with Gasteiger partial charge in [-0.25, -0.2) is 4.98 Å². The maximum absolute atomic E-state index is 12.6. The topological polar surface area (TPSA) is 99.5 Å². The third-order valence-corrected chi connectivity index (χ3v) is 5.85. The second kappa shape index (κ2) is 13.3. The van der Waals surface area contributed by atoms with Gasteiger partial charge in [0.25, 0.3) is 5.56 Å². The number of aliphatic hydroxyl groups is 1. The first-order valence-electron chi connectivity index (χ1n) is 12.1. The molecule has 1 aliphatic heterocycles. The third kappa shape index (κ3) is 9.14. The summed E-state index contributed by atoms with van der Waals surface area (Å²) in [4.78, 5) is 31.3. The van der Waals surface area contributed by atoms with Crippen molar-refractivity contribution in [3.05, 3.63) is 46.5 Å². The van der Waals surface area contributed by atoms with Crippen LogP contribution in [0.2, 0.25) is 0 Å². The van der Waals surface area contributed by atoms with Gasteiger partial charge in [0.1, 0.15) is 5.82 Å². The number of nitrogens with zero attached hydrogens (tertiary/aromatic N) is 3. The lowest BCUT2D eigenvalue weighted by Gasteiger charge is -2.38. The monoisotopic (exact) mass is 459 g/mol. The van der Waals surface area contributed by atoms with E-state index >= 15 is 0 Å². The second-order valence-electron chi connectivity index (χ2n) is 9.07. The van der Waals surface area contributed by atoms with Crippen molar-refractivity contribution >= 4 is 11.7 Å². The quantitative estimate of drug-likeness (QED) is 0.328. The van der Waals surface area contributed by atoms with Gasteiger partial charge in [0.15, 0.2) is 0 Å². The number of hydrogen-bond donors (Lipinski definition) is 3. The number of hydrogen-bond acceptors (Lipinski definition) is 6. The summed E-state index contributed by atoms with van der Waals surface area (Å²) in [6.45, 7) is 10.9. The van der Waals surface area contributed by atoms with E-state index in [1.54, 1.807) is 0 Å². The third-order valence-electron chi connectivity index (χ3n) is 5.85. The molecule has 0 aliphatic carbocycles. The van der Waals surface area contributed by atoms with E-state index in [1.807, 2.05) is 17.9 Å². The summed E-state index contributed by atoms with van der Waals surface area (Å²) in [5.41, 5.74) is -0.0327. The van der Waals surface area contributed by atoms with Gasteiger partial charge in [-0.1, -0.05) is 44.6 Å². The Morgan fingerprint density at radius 1 is 1.27 bits per heavy atom. The number of carbonyl (C=O) groups excluding carboxylic acids is 1. The molecule has 1 fully saturated rings. The highest BCUT2D eigenvalue weighted by Gasteiger charge is 2.34. The smallest absolute Gasteiger partial charge is 0.255 e. The maximum Gasteiger partial charge on any atom is 0.255 e. The first-order valence-corrected chi connectivity index (χ1v) is 12.1. The van der Waals surface area contributed by atoms with E-state index in [9.17, 15) is 14.7 Å². The SMILES string of the molecule is C/C=C\C(=C/CC)CCC(=O)N1CCC(O)(Cn2cnc(NCCNC(C)C)cc2=O)CC1. The van der Waals surface area contributed by atoms with Gasteiger partial charge in [0.2, 0.25) is 5.91 Å². The molecule has 0 atom stereocenters. The highest BCUT2D eigenvalue weighted by atomic mass is 16.3. The van der Waals surface area contributed by atoms with Crippen LogP contribution in [-0.4, -0.2) is 63.3 Å². The van der Waals surface area contributed by atoms with Crippen LogP contribution >= 0.6 is 0 Å². The summed E-state index contributed by atoms with van der Waals surface area (Å²) in [6.07, 6.45) is 10.7. The molecular weight excluding hydrogens is 418 g/mol. The first-order chi connectivity index (χ1) is 15.8. The van der Waals surface area contributed by atoms with Crippen molar-refractivity contribution in [2.75, 3.05) is 31.5 Å². The van der Waals surface area contributed by atoms with Crippen molar-refractivity contribution in [1.29, 1.82) is 0 Å². The van der Waals surface area contributed by atoms with E-state index in [4.69, 9.17) is 0 Å². The van der Waals surface area contributed by atoms with Gasteiger partial charge in [0, 0.05) is 44.7 Å². The van der Waals surface area contributed by atoms with Gasteiger partial charge < -0.3 is 20.6 Å². The molecule has 8 nitrogen and oxygen atoms in total. The molecule has 1 saturated heterocycles. The van der Waals surface area contributed by atoms with Crippen molar-refractivity contribution < 1.29 is 9.90 Å².